The lowest BCUT2D eigenvalue weighted by Gasteiger charge is -2.35. The summed E-state index contributed by atoms with van der Waals surface area (Å²) in [6.07, 6.45) is 12.9. The number of rotatable bonds is 8. The first kappa shape index (κ1) is 37.5. The monoisotopic (exact) mass is 642 g/mol. The fraction of sp³-hybridized carbons (Fsp3) is 0.750. The van der Waals surface area contributed by atoms with Gasteiger partial charge in [-0.25, -0.2) is 0 Å². The van der Waals surface area contributed by atoms with Gasteiger partial charge in [-0.15, -0.1) is 0 Å². The van der Waals surface area contributed by atoms with Crippen LogP contribution in [0.4, 0.5) is 0 Å². The quantitative estimate of drug-likeness (QED) is 0.296. The van der Waals surface area contributed by atoms with E-state index in [0.29, 0.717) is 22.0 Å². The Labute approximate surface area is 280 Å². The van der Waals surface area contributed by atoms with Gasteiger partial charge in [-0.2, -0.15) is 23.5 Å². The molecule has 1 saturated carbocycles. The van der Waals surface area contributed by atoms with Gasteiger partial charge in [0, 0.05) is 33.5 Å². The third-order valence-corrected chi connectivity index (χ3v) is 12.4. The summed E-state index contributed by atoms with van der Waals surface area (Å²) in [5.74, 6) is 3.11. The summed E-state index contributed by atoms with van der Waals surface area (Å²) in [4.78, 5) is 0. The maximum absolute atomic E-state index is 11.5. The van der Waals surface area contributed by atoms with Crippen molar-refractivity contribution in [1.82, 2.24) is 0 Å². The van der Waals surface area contributed by atoms with E-state index in [0.717, 1.165) is 47.5 Å². The molecular weight excluding hydrogens is 577 g/mol. The Bertz CT molecular complexity index is 1160. The molecule has 3 rings (SSSR count). The summed E-state index contributed by atoms with van der Waals surface area (Å²) in [7, 11) is 0. The lowest BCUT2D eigenvalue weighted by atomic mass is 9.72. The molecule has 2 nitrogen and oxygen atoms in total. The number of benzene rings is 1. The van der Waals surface area contributed by atoms with Gasteiger partial charge in [0.25, 0.3) is 0 Å². The van der Waals surface area contributed by atoms with Crippen molar-refractivity contribution in [2.24, 2.45) is 22.2 Å². The molecule has 0 amide bonds. The lowest BCUT2D eigenvalue weighted by Crippen LogP contribution is -2.25. The van der Waals surface area contributed by atoms with Crippen LogP contribution >= 0.6 is 23.5 Å². The molecule has 2 aliphatic carbocycles. The molecule has 0 heterocycles. The highest BCUT2D eigenvalue weighted by molar-refractivity contribution is 8.03. The predicted molar refractivity (Wildman–Crippen MR) is 198 cm³/mol. The highest BCUT2D eigenvalue weighted by Gasteiger charge is 2.33. The van der Waals surface area contributed by atoms with Crippen LogP contribution in [-0.4, -0.2) is 26.5 Å². The van der Waals surface area contributed by atoms with Gasteiger partial charge in [-0.1, -0.05) is 133 Å². The summed E-state index contributed by atoms with van der Waals surface area (Å²) >= 11 is 4.15. The smallest absolute Gasteiger partial charge is 0.122 e. The Morgan fingerprint density at radius 1 is 0.682 bits per heavy atom. The van der Waals surface area contributed by atoms with Gasteiger partial charge in [-0.3, -0.25) is 0 Å². The second-order valence-corrected chi connectivity index (χ2v) is 20.8. The minimum absolute atomic E-state index is 0.0400. The van der Waals surface area contributed by atoms with E-state index >= 15 is 0 Å². The minimum atomic E-state index is 0.0400. The van der Waals surface area contributed by atoms with Crippen LogP contribution in [0.5, 0.6) is 5.75 Å². The Hall–Kier alpha value is -1.00. The number of phenolic OH excluding ortho intramolecular Hbond substituents is 1. The topological polar surface area (TPSA) is 40.5 Å². The van der Waals surface area contributed by atoms with Crippen LogP contribution in [0.15, 0.2) is 35.1 Å². The molecule has 3 atom stereocenters. The van der Waals surface area contributed by atoms with Gasteiger partial charge in [0.2, 0.25) is 0 Å². The van der Waals surface area contributed by atoms with E-state index < -0.39 is 0 Å². The van der Waals surface area contributed by atoms with E-state index in [9.17, 15) is 10.2 Å². The molecule has 2 aliphatic rings. The van der Waals surface area contributed by atoms with Crippen LogP contribution in [0.2, 0.25) is 0 Å². The number of hydrogen-bond donors (Lipinski definition) is 2. The van der Waals surface area contributed by atoms with Gasteiger partial charge < -0.3 is 10.2 Å². The summed E-state index contributed by atoms with van der Waals surface area (Å²) in [6.45, 7) is 27.4. The van der Waals surface area contributed by atoms with Crippen molar-refractivity contribution in [1.29, 1.82) is 0 Å². The maximum atomic E-state index is 11.5. The summed E-state index contributed by atoms with van der Waals surface area (Å²) < 4.78 is 0. The van der Waals surface area contributed by atoms with Crippen molar-refractivity contribution in [2.45, 2.75) is 163 Å². The zero-order chi connectivity index (χ0) is 33.1. The Kier molecular flexibility index (Phi) is 12.6. The molecule has 0 saturated heterocycles. The van der Waals surface area contributed by atoms with E-state index in [2.05, 4.69) is 125 Å². The molecule has 44 heavy (non-hydrogen) atoms. The van der Waals surface area contributed by atoms with Crippen molar-refractivity contribution in [2.75, 3.05) is 5.75 Å². The van der Waals surface area contributed by atoms with Gasteiger partial charge in [0.1, 0.15) is 5.75 Å². The minimum Gasteiger partial charge on any atom is -0.512 e. The third kappa shape index (κ3) is 11.4. The normalized spacial score (nSPS) is 22.9. The highest BCUT2D eigenvalue weighted by Crippen LogP contribution is 2.45. The average molecular weight is 643 g/mol. The van der Waals surface area contributed by atoms with Gasteiger partial charge in [0.05, 0.1) is 5.76 Å². The maximum Gasteiger partial charge on any atom is 0.122 e. The molecular formula is C40H66O2S2. The molecule has 0 aromatic heterocycles. The SMILES string of the molecule is CC(C)(C)Cc1cc(C(C)(C)C)cc(CSC2CCCCCC[C@H]2SCC2=C(O)C(CC(C)(C)C)CC(C(C)(C)C)=C2)c1O. The number of hydrogen-bond acceptors (Lipinski definition) is 4. The van der Waals surface area contributed by atoms with Crippen LogP contribution in [-0.2, 0) is 17.6 Å². The largest absolute Gasteiger partial charge is 0.512 e. The zero-order valence-corrected chi connectivity index (χ0v) is 32.1. The number of thioether (sulfide) groups is 2. The van der Waals surface area contributed by atoms with Gasteiger partial charge in [-0.05, 0) is 70.5 Å². The van der Waals surface area contributed by atoms with Crippen molar-refractivity contribution >= 4 is 23.5 Å². The number of aliphatic hydroxyl groups is 1. The molecule has 0 spiro atoms. The van der Waals surface area contributed by atoms with Crippen molar-refractivity contribution in [3.05, 3.63) is 51.8 Å². The van der Waals surface area contributed by atoms with Crippen molar-refractivity contribution in [3.8, 4) is 5.75 Å². The van der Waals surface area contributed by atoms with Crippen molar-refractivity contribution in [3.63, 3.8) is 0 Å². The Morgan fingerprint density at radius 2 is 1.23 bits per heavy atom. The molecule has 250 valence electrons. The van der Waals surface area contributed by atoms with Gasteiger partial charge in [0.15, 0.2) is 0 Å². The fourth-order valence-corrected chi connectivity index (χ4v) is 9.79. The van der Waals surface area contributed by atoms with E-state index in [1.54, 1.807) is 0 Å². The standard InChI is InChI=1S/C40H66O2S2/c1-37(2,3)23-27-19-31(39(7,8)9)21-29(35(27)41)25-43-33-17-15-13-14-16-18-34(33)44-26-30-22-32(40(10,11)12)20-28(36(30)42)24-38(4,5)6/h19,21-22,28,33-34,41-42H,13-18,20,23-26H2,1-12H3/t28?,33?,34-/m1/s1. The van der Waals surface area contributed by atoms with E-state index in [1.807, 2.05) is 0 Å². The first-order chi connectivity index (χ1) is 20.1. The van der Waals surface area contributed by atoms with E-state index in [4.69, 9.17) is 0 Å². The zero-order valence-electron chi connectivity index (χ0n) is 30.5. The fourth-order valence-electron chi connectivity index (χ4n) is 6.71. The lowest BCUT2D eigenvalue weighted by molar-refractivity contribution is 0.235. The summed E-state index contributed by atoms with van der Waals surface area (Å²) in [5, 5.41) is 24.1. The van der Waals surface area contributed by atoms with E-state index in [1.165, 1.54) is 49.7 Å². The number of aromatic hydroxyl groups is 1. The first-order valence-electron chi connectivity index (χ1n) is 17.4. The molecule has 2 unspecified atom stereocenters. The Balaban J connectivity index is 1.85. The van der Waals surface area contributed by atoms with Crippen LogP contribution in [0.25, 0.3) is 0 Å². The summed E-state index contributed by atoms with van der Waals surface area (Å²) in [5.41, 5.74) is 6.60. The molecule has 4 heteroatoms. The Morgan fingerprint density at radius 3 is 1.73 bits per heavy atom. The van der Waals surface area contributed by atoms with Gasteiger partial charge >= 0.3 is 0 Å². The summed E-state index contributed by atoms with van der Waals surface area (Å²) in [6, 6.07) is 4.53. The number of aliphatic hydroxyl groups excluding tert-OH is 1. The van der Waals surface area contributed by atoms with E-state index in [-0.39, 0.29) is 27.6 Å². The van der Waals surface area contributed by atoms with Crippen LogP contribution in [0.1, 0.15) is 151 Å². The highest BCUT2D eigenvalue weighted by atomic mass is 32.2. The van der Waals surface area contributed by atoms with Crippen LogP contribution in [0, 0.1) is 22.2 Å². The van der Waals surface area contributed by atoms with Crippen molar-refractivity contribution < 1.29 is 10.2 Å². The molecule has 0 aliphatic heterocycles. The third-order valence-electron chi connectivity index (χ3n) is 9.25. The second kappa shape index (κ2) is 14.8. The number of phenols is 1. The molecule has 1 aromatic carbocycles. The molecule has 0 bridgehead atoms. The molecule has 2 N–H and O–H groups in total. The molecule has 1 aromatic rings. The molecule has 1 fully saturated rings. The molecule has 0 radical (unpaired) electrons. The number of allylic oxidation sites excluding steroid dienone is 3. The first-order valence-corrected chi connectivity index (χ1v) is 19.5. The average Bonchev–Trinajstić information content (AvgIpc) is 2.84. The van der Waals surface area contributed by atoms with Crippen LogP contribution in [0.3, 0.4) is 0 Å². The predicted octanol–water partition coefficient (Wildman–Crippen LogP) is 12.6. The van der Waals surface area contributed by atoms with Crippen LogP contribution < -0.4 is 0 Å². The second-order valence-electron chi connectivity index (χ2n) is 18.3.